The lowest BCUT2D eigenvalue weighted by Gasteiger charge is -2.29. The van der Waals surface area contributed by atoms with Crippen LogP contribution in [0.4, 0.5) is 0 Å². The van der Waals surface area contributed by atoms with Crippen LogP contribution in [0, 0.1) is 11.8 Å². The normalized spacial score (nSPS) is 18.4. The molecule has 1 aliphatic carbocycles. The van der Waals surface area contributed by atoms with Crippen LogP contribution in [0.5, 0.6) is 0 Å². The molecule has 0 unspecified atom stereocenters. The van der Waals surface area contributed by atoms with Crippen molar-refractivity contribution < 1.29 is 9.53 Å². The van der Waals surface area contributed by atoms with Crippen LogP contribution in [0.2, 0.25) is 0 Å². The van der Waals surface area contributed by atoms with Gasteiger partial charge in [-0.25, -0.2) is 0 Å². The molecular weight excluding hydrogens is 440 g/mol. The Bertz CT molecular complexity index is 838. The molecule has 0 saturated heterocycles. The Morgan fingerprint density at radius 2 is 1.42 bits per heavy atom. The van der Waals surface area contributed by atoms with E-state index < -0.39 is 0 Å². The second kappa shape index (κ2) is 18.2. The summed E-state index contributed by atoms with van der Waals surface area (Å²) in [5.41, 5.74) is 8.53. The van der Waals surface area contributed by atoms with Crippen LogP contribution in [0.15, 0.2) is 70.4 Å². The number of methoxy groups -OCH3 is 1. The van der Waals surface area contributed by atoms with Crippen molar-refractivity contribution in [3.8, 4) is 0 Å². The Morgan fingerprint density at radius 1 is 0.861 bits per heavy atom. The summed E-state index contributed by atoms with van der Waals surface area (Å²) < 4.78 is 5.15. The summed E-state index contributed by atoms with van der Waals surface area (Å²) in [4.78, 5) is 12.5. The highest BCUT2D eigenvalue weighted by atomic mass is 16.5. The van der Waals surface area contributed by atoms with Gasteiger partial charge in [0.15, 0.2) is 0 Å². The molecule has 0 saturated carbocycles. The third-order valence-electron chi connectivity index (χ3n) is 7.21. The van der Waals surface area contributed by atoms with Crippen LogP contribution in [0.25, 0.3) is 0 Å². The monoisotopic (exact) mass is 494 g/mol. The van der Waals surface area contributed by atoms with Gasteiger partial charge in [0, 0.05) is 0 Å². The number of hydrogen-bond donors (Lipinski definition) is 0. The molecule has 0 radical (unpaired) electrons. The fourth-order valence-corrected chi connectivity index (χ4v) is 4.90. The molecule has 0 N–H and O–H groups in total. The van der Waals surface area contributed by atoms with Gasteiger partial charge < -0.3 is 4.74 Å². The van der Waals surface area contributed by atoms with Gasteiger partial charge in [-0.05, 0) is 125 Å². The lowest BCUT2D eigenvalue weighted by atomic mass is 9.77. The quantitative estimate of drug-likeness (QED) is 0.157. The van der Waals surface area contributed by atoms with Gasteiger partial charge in [-0.15, -0.1) is 0 Å². The van der Waals surface area contributed by atoms with Gasteiger partial charge in [0.25, 0.3) is 0 Å². The summed E-state index contributed by atoms with van der Waals surface area (Å²) in [7, 11) is 1.52. The van der Waals surface area contributed by atoms with Gasteiger partial charge in [0.05, 0.1) is 13.0 Å². The molecule has 0 fully saturated rings. The van der Waals surface area contributed by atoms with E-state index >= 15 is 0 Å². The first-order chi connectivity index (χ1) is 17.1. The third kappa shape index (κ3) is 14.5. The van der Waals surface area contributed by atoms with E-state index in [2.05, 4.69) is 78.5 Å². The number of rotatable bonds is 16. The maximum Gasteiger partial charge on any atom is 0.309 e. The molecule has 0 aliphatic heterocycles. The predicted octanol–water partition coefficient (Wildman–Crippen LogP) is 10.4. The summed E-state index contributed by atoms with van der Waals surface area (Å²) >= 11 is 0. The Balaban J connectivity index is 2.59. The fraction of sp³-hybridized carbons (Fsp3) is 0.618. The highest BCUT2D eigenvalue weighted by Crippen LogP contribution is 2.35. The molecule has 0 amide bonds. The standard InChI is InChI=1S/C34H54O2/c1-26(2)13-9-15-28(5)17-11-18-30(7)21-23-32-25-31(22-24-33(32)34(35)36-8)20-12-19-29(6)16-10-14-27(3)4/h13-14,17,19,25,32-33H,7,9-12,15-16,18,20-24H2,1-6,8H3/b28-17+,29-19+/t32-,33+/m0/s1. The largest absolute Gasteiger partial charge is 0.469 e. The van der Waals surface area contributed by atoms with E-state index in [0.717, 1.165) is 77.0 Å². The maximum absolute atomic E-state index is 12.5. The minimum absolute atomic E-state index is 0.00915. The van der Waals surface area contributed by atoms with E-state index in [4.69, 9.17) is 4.74 Å². The first kappa shape index (κ1) is 31.9. The highest BCUT2D eigenvalue weighted by molar-refractivity contribution is 5.73. The van der Waals surface area contributed by atoms with E-state index in [0.29, 0.717) is 0 Å². The van der Waals surface area contributed by atoms with Crippen LogP contribution in [0.3, 0.4) is 0 Å². The number of hydrogen-bond acceptors (Lipinski definition) is 2. The van der Waals surface area contributed by atoms with Crippen molar-refractivity contribution in [2.24, 2.45) is 11.8 Å². The van der Waals surface area contributed by atoms with Crippen LogP contribution >= 0.6 is 0 Å². The zero-order chi connectivity index (χ0) is 26.9. The summed E-state index contributed by atoms with van der Waals surface area (Å²) in [6.45, 7) is 17.5. The zero-order valence-electron chi connectivity index (χ0n) is 24.6. The molecular formula is C34H54O2. The number of carbonyl (C=O) groups is 1. The molecule has 0 aromatic carbocycles. The lowest BCUT2D eigenvalue weighted by Crippen LogP contribution is -2.27. The average Bonchev–Trinajstić information content (AvgIpc) is 2.82. The van der Waals surface area contributed by atoms with Crippen LogP contribution in [0.1, 0.15) is 119 Å². The summed E-state index contributed by atoms with van der Waals surface area (Å²) in [5, 5.41) is 0. The Hall–Kier alpha value is -2.09. The number of ether oxygens (including phenoxy) is 1. The van der Waals surface area contributed by atoms with Crippen molar-refractivity contribution >= 4 is 5.97 Å². The molecule has 202 valence electrons. The average molecular weight is 495 g/mol. The molecule has 2 atom stereocenters. The molecule has 1 aliphatic rings. The number of esters is 1. The first-order valence-electron chi connectivity index (χ1n) is 14.1. The van der Waals surface area contributed by atoms with E-state index in [1.54, 1.807) is 0 Å². The minimum Gasteiger partial charge on any atom is -0.469 e. The van der Waals surface area contributed by atoms with Gasteiger partial charge in [0.1, 0.15) is 0 Å². The minimum atomic E-state index is -0.0501. The smallest absolute Gasteiger partial charge is 0.309 e. The fourth-order valence-electron chi connectivity index (χ4n) is 4.90. The van der Waals surface area contributed by atoms with E-state index in [9.17, 15) is 4.79 Å². The zero-order valence-corrected chi connectivity index (χ0v) is 24.6. The topological polar surface area (TPSA) is 26.3 Å². The maximum atomic E-state index is 12.5. The van der Waals surface area contributed by atoms with Gasteiger partial charge >= 0.3 is 5.97 Å². The molecule has 2 nitrogen and oxygen atoms in total. The summed E-state index contributed by atoms with van der Waals surface area (Å²) in [6, 6.07) is 0. The second-order valence-corrected chi connectivity index (χ2v) is 11.3. The second-order valence-electron chi connectivity index (χ2n) is 11.3. The Kier molecular flexibility index (Phi) is 16.1. The van der Waals surface area contributed by atoms with E-state index in [1.807, 2.05) is 0 Å². The van der Waals surface area contributed by atoms with Crippen molar-refractivity contribution in [1.82, 2.24) is 0 Å². The van der Waals surface area contributed by atoms with Crippen molar-refractivity contribution in [3.63, 3.8) is 0 Å². The first-order valence-corrected chi connectivity index (χ1v) is 14.1. The van der Waals surface area contributed by atoms with E-state index in [-0.39, 0.29) is 17.8 Å². The molecule has 0 aromatic rings. The van der Waals surface area contributed by atoms with Crippen molar-refractivity contribution in [1.29, 1.82) is 0 Å². The molecule has 2 heteroatoms. The predicted molar refractivity (Wildman–Crippen MR) is 158 cm³/mol. The summed E-state index contributed by atoms with van der Waals surface area (Å²) in [6.07, 6.45) is 24.5. The van der Waals surface area contributed by atoms with Crippen LogP contribution in [-0.4, -0.2) is 13.1 Å². The van der Waals surface area contributed by atoms with Gasteiger partial charge in [-0.2, -0.15) is 0 Å². The third-order valence-corrected chi connectivity index (χ3v) is 7.21. The lowest BCUT2D eigenvalue weighted by molar-refractivity contribution is -0.147. The SMILES string of the molecule is C=C(CC/C=C(\C)CCC=C(C)C)CC[C@H]1C=C(CC/C=C(\C)CCC=C(C)C)CC[C@H]1C(=O)OC. The van der Waals surface area contributed by atoms with Gasteiger partial charge in [0.2, 0.25) is 0 Å². The van der Waals surface area contributed by atoms with E-state index in [1.165, 1.54) is 40.5 Å². The van der Waals surface area contributed by atoms with Gasteiger partial charge in [-0.1, -0.05) is 70.4 Å². The highest BCUT2D eigenvalue weighted by Gasteiger charge is 2.30. The van der Waals surface area contributed by atoms with Gasteiger partial charge in [-0.3, -0.25) is 4.79 Å². The Morgan fingerprint density at radius 3 is 1.97 bits per heavy atom. The molecule has 0 spiro atoms. The number of carbonyl (C=O) groups excluding carboxylic acids is 1. The molecule has 0 heterocycles. The molecule has 36 heavy (non-hydrogen) atoms. The van der Waals surface area contributed by atoms with Crippen molar-refractivity contribution in [2.75, 3.05) is 7.11 Å². The number of allylic oxidation sites excluding steroid dienone is 11. The molecule has 0 bridgehead atoms. The van der Waals surface area contributed by atoms with Crippen LogP contribution in [-0.2, 0) is 9.53 Å². The summed E-state index contributed by atoms with van der Waals surface area (Å²) in [5.74, 6) is 0.206. The van der Waals surface area contributed by atoms with Crippen LogP contribution < -0.4 is 0 Å². The van der Waals surface area contributed by atoms with Crippen molar-refractivity contribution in [3.05, 3.63) is 70.4 Å². The molecule has 0 aromatic heterocycles. The Labute approximate surface area is 223 Å². The molecule has 1 rings (SSSR count). The van der Waals surface area contributed by atoms with Crippen molar-refractivity contribution in [2.45, 2.75) is 119 Å².